The van der Waals surface area contributed by atoms with Crippen LogP contribution in [0.5, 0.6) is 0 Å². The highest BCUT2D eigenvalue weighted by Gasteiger charge is 2.14. The molecule has 0 unspecified atom stereocenters. The number of aryl methyl sites for hydroxylation is 4. The summed E-state index contributed by atoms with van der Waals surface area (Å²) < 4.78 is 5.14. The number of hydrogen-bond acceptors (Lipinski definition) is 5. The molecule has 0 spiro atoms. The maximum absolute atomic E-state index is 12.2. The summed E-state index contributed by atoms with van der Waals surface area (Å²) in [6.07, 6.45) is 1.06. The predicted octanol–water partition coefficient (Wildman–Crippen LogP) is 4.28. The summed E-state index contributed by atoms with van der Waals surface area (Å²) in [5, 5.41) is 7.93. The van der Waals surface area contributed by atoms with Gasteiger partial charge in [0.05, 0.1) is 17.9 Å². The lowest BCUT2D eigenvalue weighted by atomic mass is 10.1. The van der Waals surface area contributed by atoms with Gasteiger partial charge < -0.3 is 9.84 Å². The van der Waals surface area contributed by atoms with Crippen molar-refractivity contribution in [3.8, 4) is 10.6 Å². The van der Waals surface area contributed by atoms with Crippen molar-refractivity contribution < 1.29 is 9.32 Å². The molecular weight excluding hydrogens is 346 g/mol. The molecule has 2 heterocycles. The Kier molecular flexibility index (Phi) is 5.52. The first-order valence-electron chi connectivity index (χ1n) is 8.66. The molecule has 0 fully saturated rings. The van der Waals surface area contributed by atoms with Crippen LogP contribution in [-0.4, -0.2) is 16.0 Å². The Bertz CT molecular complexity index is 908. The zero-order valence-electron chi connectivity index (χ0n) is 15.5. The molecule has 0 saturated carbocycles. The Balaban J connectivity index is 1.60. The number of rotatable bonds is 6. The molecular formula is C20H23N3O2S. The van der Waals surface area contributed by atoms with Gasteiger partial charge in [0, 0.05) is 22.4 Å². The topological polar surface area (TPSA) is 68.0 Å². The Morgan fingerprint density at radius 3 is 2.62 bits per heavy atom. The number of carbonyl (C=O) groups excluding carboxylic acids is 1. The van der Waals surface area contributed by atoms with E-state index in [0.29, 0.717) is 19.4 Å². The molecule has 1 aromatic carbocycles. The van der Waals surface area contributed by atoms with Crippen molar-refractivity contribution in [2.45, 2.75) is 47.1 Å². The highest BCUT2D eigenvalue weighted by atomic mass is 32.1. The summed E-state index contributed by atoms with van der Waals surface area (Å²) in [6.45, 7) is 8.36. The maximum atomic E-state index is 12.2. The molecule has 0 aliphatic carbocycles. The first-order chi connectivity index (χ1) is 12.5. The van der Waals surface area contributed by atoms with E-state index in [9.17, 15) is 4.79 Å². The number of amides is 1. The highest BCUT2D eigenvalue weighted by Crippen LogP contribution is 2.30. The maximum Gasteiger partial charge on any atom is 0.220 e. The number of benzene rings is 1. The third-order valence-electron chi connectivity index (χ3n) is 4.50. The van der Waals surface area contributed by atoms with Gasteiger partial charge in [0.2, 0.25) is 5.91 Å². The lowest BCUT2D eigenvalue weighted by Crippen LogP contribution is -2.23. The minimum absolute atomic E-state index is 0.0234. The van der Waals surface area contributed by atoms with E-state index in [1.54, 1.807) is 11.3 Å². The van der Waals surface area contributed by atoms with Crippen molar-refractivity contribution >= 4 is 17.2 Å². The van der Waals surface area contributed by atoms with E-state index in [4.69, 9.17) is 4.52 Å². The molecule has 136 valence electrons. The fourth-order valence-corrected chi connectivity index (χ4v) is 3.98. The number of aromatic nitrogens is 2. The largest absolute Gasteiger partial charge is 0.361 e. The van der Waals surface area contributed by atoms with Crippen LogP contribution in [0.15, 0.2) is 28.8 Å². The molecule has 1 amide bonds. The van der Waals surface area contributed by atoms with Crippen LogP contribution in [0, 0.1) is 27.7 Å². The number of nitrogens with one attached hydrogen (secondary N) is 1. The smallest absolute Gasteiger partial charge is 0.220 e. The standard InChI is InChI=1S/C20H23N3O2S/c1-12-7-5-6-8-16(12)20-22-14(3)18(26-20)11-21-19(24)10-9-17-13(2)23-25-15(17)4/h5-8H,9-11H2,1-4H3,(H,21,24). The quantitative estimate of drug-likeness (QED) is 0.704. The van der Waals surface area contributed by atoms with Crippen LogP contribution in [-0.2, 0) is 17.8 Å². The third kappa shape index (κ3) is 4.02. The SMILES string of the molecule is Cc1ccccc1-c1nc(C)c(CNC(=O)CCc2c(C)noc2C)s1. The first-order valence-corrected chi connectivity index (χ1v) is 9.48. The molecule has 6 heteroatoms. The normalized spacial score (nSPS) is 10.9. The van der Waals surface area contributed by atoms with Gasteiger partial charge in [-0.15, -0.1) is 11.3 Å². The van der Waals surface area contributed by atoms with Crippen LogP contribution in [0.4, 0.5) is 0 Å². The van der Waals surface area contributed by atoms with E-state index >= 15 is 0 Å². The molecule has 0 saturated heterocycles. The van der Waals surface area contributed by atoms with E-state index < -0.39 is 0 Å². The molecule has 0 bridgehead atoms. The summed E-state index contributed by atoms with van der Waals surface area (Å²) in [6, 6.07) is 8.22. The molecule has 0 atom stereocenters. The zero-order valence-corrected chi connectivity index (χ0v) is 16.4. The Hall–Kier alpha value is -2.47. The fourth-order valence-electron chi connectivity index (χ4n) is 2.88. The van der Waals surface area contributed by atoms with E-state index in [0.717, 1.165) is 38.2 Å². The molecule has 2 aromatic heterocycles. The summed E-state index contributed by atoms with van der Waals surface area (Å²) in [5.41, 5.74) is 5.21. The van der Waals surface area contributed by atoms with Crippen LogP contribution < -0.4 is 5.32 Å². The minimum Gasteiger partial charge on any atom is -0.361 e. The van der Waals surface area contributed by atoms with Crippen molar-refractivity contribution in [1.29, 1.82) is 0 Å². The zero-order chi connectivity index (χ0) is 18.7. The Labute approximate surface area is 157 Å². The van der Waals surface area contributed by atoms with E-state index in [1.165, 1.54) is 5.56 Å². The average Bonchev–Trinajstić information content (AvgIpc) is 3.14. The molecule has 0 radical (unpaired) electrons. The number of hydrogen-bond donors (Lipinski definition) is 1. The van der Waals surface area contributed by atoms with Gasteiger partial charge in [-0.25, -0.2) is 4.98 Å². The monoisotopic (exact) mass is 369 g/mol. The second-order valence-electron chi connectivity index (χ2n) is 6.42. The van der Waals surface area contributed by atoms with E-state index in [1.807, 2.05) is 32.9 Å². The third-order valence-corrected chi connectivity index (χ3v) is 5.69. The average molecular weight is 369 g/mol. The number of nitrogens with zero attached hydrogens (tertiary/aromatic N) is 2. The Morgan fingerprint density at radius 2 is 1.92 bits per heavy atom. The van der Waals surface area contributed by atoms with Gasteiger partial charge in [-0.2, -0.15) is 0 Å². The van der Waals surface area contributed by atoms with Gasteiger partial charge in [-0.1, -0.05) is 29.4 Å². The molecule has 0 aliphatic heterocycles. The van der Waals surface area contributed by atoms with Gasteiger partial charge in [-0.3, -0.25) is 4.79 Å². The van der Waals surface area contributed by atoms with Crippen molar-refractivity contribution in [3.63, 3.8) is 0 Å². The summed E-state index contributed by atoms with van der Waals surface area (Å²) in [4.78, 5) is 18.0. The van der Waals surface area contributed by atoms with Gasteiger partial charge in [-0.05, 0) is 39.7 Å². The van der Waals surface area contributed by atoms with Gasteiger partial charge in [0.15, 0.2) is 0 Å². The fraction of sp³-hybridized carbons (Fsp3) is 0.350. The highest BCUT2D eigenvalue weighted by molar-refractivity contribution is 7.15. The van der Waals surface area contributed by atoms with Crippen LogP contribution in [0.1, 0.15) is 39.6 Å². The molecule has 0 aliphatic rings. The molecule has 3 rings (SSSR count). The Morgan fingerprint density at radius 1 is 1.15 bits per heavy atom. The van der Waals surface area contributed by atoms with Crippen LogP contribution in [0.2, 0.25) is 0 Å². The summed E-state index contributed by atoms with van der Waals surface area (Å²) in [5.74, 6) is 0.812. The van der Waals surface area contributed by atoms with Gasteiger partial charge in [0.1, 0.15) is 10.8 Å². The van der Waals surface area contributed by atoms with Gasteiger partial charge in [0.25, 0.3) is 0 Å². The van der Waals surface area contributed by atoms with Crippen molar-refractivity contribution in [3.05, 3.63) is 57.4 Å². The summed E-state index contributed by atoms with van der Waals surface area (Å²) in [7, 11) is 0. The van der Waals surface area contributed by atoms with Crippen molar-refractivity contribution in [2.24, 2.45) is 0 Å². The second-order valence-corrected chi connectivity index (χ2v) is 7.51. The number of thiazole rings is 1. The predicted molar refractivity (Wildman–Crippen MR) is 103 cm³/mol. The molecule has 3 aromatic rings. The number of carbonyl (C=O) groups is 1. The summed E-state index contributed by atoms with van der Waals surface area (Å²) >= 11 is 1.64. The van der Waals surface area contributed by atoms with Crippen LogP contribution >= 0.6 is 11.3 Å². The molecule has 5 nitrogen and oxygen atoms in total. The lowest BCUT2D eigenvalue weighted by Gasteiger charge is -2.04. The van der Waals surface area contributed by atoms with Crippen LogP contribution in [0.3, 0.4) is 0 Å². The van der Waals surface area contributed by atoms with E-state index in [2.05, 4.69) is 34.5 Å². The molecule has 26 heavy (non-hydrogen) atoms. The first kappa shape index (κ1) is 18.3. The van der Waals surface area contributed by atoms with Crippen LogP contribution in [0.25, 0.3) is 10.6 Å². The van der Waals surface area contributed by atoms with Crippen molar-refractivity contribution in [1.82, 2.24) is 15.5 Å². The van der Waals surface area contributed by atoms with E-state index in [-0.39, 0.29) is 5.91 Å². The van der Waals surface area contributed by atoms with Gasteiger partial charge >= 0.3 is 0 Å². The van der Waals surface area contributed by atoms with Crippen molar-refractivity contribution in [2.75, 3.05) is 0 Å². The lowest BCUT2D eigenvalue weighted by molar-refractivity contribution is -0.121. The molecule has 1 N–H and O–H groups in total. The second kappa shape index (κ2) is 7.83. The minimum atomic E-state index is 0.0234.